The molecule has 2 heterocycles. The lowest BCUT2D eigenvalue weighted by Gasteiger charge is -2.10. The molecule has 0 spiro atoms. The fourth-order valence-electron chi connectivity index (χ4n) is 2.63. The molecular formula is C17H12FN5. The summed E-state index contributed by atoms with van der Waals surface area (Å²) in [5.74, 6) is 0.0415. The Bertz CT molecular complexity index is 977. The van der Waals surface area contributed by atoms with E-state index in [-0.39, 0.29) is 5.82 Å². The van der Waals surface area contributed by atoms with Gasteiger partial charge in [-0.1, -0.05) is 42.5 Å². The Kier molecular flexibility index (Phi) is 3.01. The zero-order valence-corrected chi connectivity index (χ0v) is 12.0. The van der Waals surface area contributed by atoms with E-state index in [0.29, 0.717) is 22.5 Å². The van der Waals surface area contributed by atoms with Crippen LogP contribution in [0.2, 0.25) is 0 Å². The van der Waals surface area contributed by atoms with Crippen LogP contribution in [-0.4, -0.2) is 20.4 Å². The van der Waals surface area contributed by atoms with E-state index in [1.807, 2.05) is 30.3 Å². The predicted octanol–water partition coefficient (Wildman–Crippen LogP) is 3.41. The molecule has 2 aromatic carbocycles. The van der Waals surface area contributed by atoms with Gasteiger partial charge in [0.05, 0.1) is 5.39 Å². The molecule has 5 nitrogen and oxygen atoms in total. The zero-order valence-electron chi connectivity index (χ0n) is 12.0. The molecule has 2 aromatic heterocycles. The second kappa shape index (κ2) is 5.17. The summed E-state index contributed by atoms with van der Waals surface area (Å²) in [6.45, 7) is 0. The molecule has 0 unspecified atom stereocenters. The number of aromatic amines is 1. The van der Waals surface area contributed by atoms with Crippen molar-refractivity contribution in [2.75, 3.05) is 5.73 Å². The average Bonchev–Trinajstić information content (AvgIpc) is 2.97. The number of benzene rings is 2. The van der Waals surface area contributed by atoms with Crippen LogP contribution in [0.4, 0.5) is 10.2 Å². The maximum atomic E-state index is 13.3. The monoisotopic (exact) mass is 305 g/mol. The third-order valence-electron chi connectivity index (χ3n) is 3.69. The van der Waals surface area contributed by atoms with Crippen LogP contribution in [0.5, 0.6) is 0 Å². The number of H-pyrrole nitrogens is 1. The minimum Gasteiger partial charge on any atom is -0.382 e. The van der Waals surface area contributed by atoms with E-state index in [1.165, 1.54) is 12.1 Å². The number of hydrogen-bond acceptors (Lipinski definition) is 4. The van der Waals surface area contributed by atoms with Gasteiger partial charge in [-0.05, 0) is 17.7 Å². The molecular weight excluding hydrogens is 293 g/mol. The quantitative estimate of drug-likeness (QED) is 0.594. The number of rotatable bonds is 2. The van der Waals surface area contributed by atoms with Crippen molar-refractivity contribution in [3.05, 3.63) is 60.4 Å². The Balaban J connectivity index is 2.09. The molecule has 4 aromatic rings. The van der Waals surface area contributed by atoms with Crippen LogP contribution >= 0.6 is 0 Å². The number of nitrogens with two attached hydrogens (primary N) is 1. The smallest absolute Gasteiger partial charge is 0.180 e. The minimum absolute atomic E-state index is 0.298. The van der Waals surface area contributed by atoms with Crippen LogP contribution in [0.1, 0.15) is 0 Å². The van der Waals surface area contributed by atoms with E-state index >= 15 is 0 Å². The molecule has 0 atom stereocenters. The average molecular weight is 305 g/mol. The largest absolute Gasteiger partial charge is 0.382 e. The maximum Gasteiger partial charge on any atom is 0.180 e. The molecule has 23 heavy (non-hydrogen) atoms. The molecule has 0 saturated carbocycles. The summed E-state index contributed by atoms with van der Waals surface area (Å²) in [5, 5.41) is 15.9. The van der Waals surface area contributed by atoms with Crippen LogP contribution in [0, 0.1) is 5.82 Å². The Morgan fingerprint density at radius 1 is 0.870 bits per heavy atom. The minimum atomic E-state index is -0.298. The van der Waals surface area contributed by atoms with Gasteiger partial charge in [0, 0.05) is 11.1 Å². The van der Waals surface area contributed by atoms with Crippen molar-refractivity contribution < 1.29 is 4.39 Å². The molecule has 0 aliphatic rings. The second-order valence-corrected chi connectivity index (χ2v) is 5.13. The maximum absolute atomic E-state index is 13.3. The molecule has 0 saturated heterocycles. The first kappa shape index (κ1) is 13.4. The number of nitrogens with zero attached hydrogens (tertiary/aromatic N) is 3. The van der Waals surface area contributed by atoms with E-state index in [2.05, 4.69) is 20.4 Å². The molecule has 112 valence electrons. The van der Waals surface area contributed by atoms with Gasteiger partial charge in [-0.25, -0.2) is 4.39 Å². The number of aromatic nitrogens is 4. The number of halogens is 1. The third kappa shape index (κ3) is 2.20. The molecule has 0 bridgehead atoms. The summed E-state index contributed by atoms with van der Waals surface area (Å²) in [4.78, 5) is 0. The Morgan fingerprint density at radius 2 is 1.61 bits per heavy atom. The number of nitrogens with one attached hydrogen (secondary N) is 1. The lowest BCUT2D eigenvalue weighted by Crippen LogP contribution is -1.96. The van der Waals surface area contributed by atoms with Gasteiger partial charge in [0.25, 0.3) is 0 Å². The lowest BCUT2D eigenvalue weighted by molar-refractivity contribution is 0.628. The van der Waals surface area contributed by atoms with Crippen LogP contribution in [0.15, 0.2) is 54.6 Å². The van der Waals surface area contributed by atoms with Crippen molar-refractivity contribution in [3.63, 3.8) is 0 Å². The standard InChI is InChI=1S/C17H12FN5/c18-12-8-6-10(7-9-12)13-14-16(19)21-23-17(14)22-20-15(13)11-4-2-1-3-5-11/h1-9H,(H3,19,21,22,23). The van der Waals surface area contributed by atoms with Gasteiger partial charge in [0.1, 0.15) is 11.5 Å². The summed E-state index contributed by atoms with van der Waals surface area (Å²) in [6, 6.07) is 15.9. The fourth-order valence-corrected chi connectivity index (χ4v) is 2.63. The van der Waals surface area contributed by atoms with Gasteiger partial charge in [-0.3, -0.25) is 5.10 Å². The van der Waals surface area contributed by atoms with Crippen molar-refractivity contribution in [2.24, 2.45) is 0 Å². The van der Waals surface area contributed by atoms with Crippen molar-refractivity contribution in [1.29, 1.82) is 0 Å². The van der Waals surface area contributed by atoms with E-state index in [1.54, 1.807) is 12.1 Å². The lowest BCUT2D eigenvalue weighted by atomic mass is 9.97. The molecule has 0 amide bonds. The highest BCUT2D eigenvalue weighted by Gasteiger charge is 2.18. The van der Waals surface area contributed by atoms with Gasteiger partial charge in [-0.2, -0.15) is 5.10 Å². The van der Waals surface area contributed by atoms with E-state index in [0.717, 1.165) is 16.7 Å². The topological polar surface area (TPSA) is 80.5 Å². The first-order valence-corrected chi connectivity index (χ1v) is 7.05. The fraction of sp³-hybridized carbons (Fsp3) is 0. The van der Waals surface area contributed by atoms with Crippen molar-refractivity contribution in [3.8, 4) is 22.4 Å². The first-order valence-electron chi connectivity index (χ1n) is 7.05. The Morgan fingerprint density at radius 3 is 2.35 bits per heavy atom. The molecule has 0 radical (unpaired) electrons. The number of anilines is 1. The molecule has 6 heteroatoms. The third-order valence-corrected chi connectivity index (χ3v) is 3.69. The molecule has 0 fully saturated rings. The normalized spacial score (nSPS) is 11.0. The summed E-state index contributed by atoms with van der Waals surface area (Å²) in [7, 11) is 0. The summed E-state index contributed by atoms with van der Waals surface area (Å²) >= 11 is 0. The summed E-state index contributed by atoms with van der Waals surface area (Å²) in [5.41, 5.74) is 9.68. The van der Waals surface area contributed by atoms with Crippen LogP contribution in [0.25, 0.3) is 33.4 Å². The Labute approximate surface area is 131 Å². The zero-order chi connectivity index (χ0) is 15.8. The van der Waals surface area contributed by atoms with Crippen molar-refractivity contribution in [2.45, 2.75) is 0 Å². The highest BCUT2D eigenvalue weighted by molar-refractivity contribution is 6.04. The van der Waals surface area contributed by atoms with Gasteiger partial charge in [0.2, 0.25) is 0 Å². The molecule has 4 rings (SSSR count). The van der Waals surface area contributed by atoms with Gasteiger partial charge >= 0.3 is 0 Å². The molecule has 0 aliphatic carbocycles. The number of nitrogen functional groups attached to an aromatic ring is 1. The van der Waals surface area contributed by atoms with Crippen LogP contribution in [-0.2, 0) is 0 Å². The van der Waals surface area contributed by atoms with Crippen LogP contribution in [0.3, 0.4) is 0 Å². The summed E-state index contributed by atoms with van der Waals surface area (Å²) in [6.07, 6.45) is 0. The molecule has 0 aliphatic heterocycles. The number of fused-ring (bicyclic) bond motifs is 1. The summed E-state index contributed by atoms with van der Waals surface area (Å²) < 4.78 is 13.3. The van der Waals surface area contributed by atoms with E-state index < -0.39 is 0 Å². The highest BCUT2D eigenvalue weighted by Crippen LogP contribution is 2.37. The SMILES string of the molecule is Nc1n[nH]c2nnc(-c3ccccc3)c(-c3ccc(F)cc3)c12. The van der Waals surface area contributed by atoms with Gasteiger partial charge < -0.3 is 5.73 Å². The van der Waals surface area contributed by atoms with Gasteiger partial charge in [-0.15, -0.1) is 10.2 Å². The number of hydrogen-bond donors (Lipinski definition) is 2. The first-order chi connectivity index (χ1) is 11.2. The van der Waals surface area contributed by atoms with E-state index in [4.69, 9.17) is 5.73 Å². The van der Waals surface area contributed by atoms with E-state index in [9.17, 15) is 4.39 Å². The predicted molar refractivity (Wildman–Crippen MR) is 86.9 cm³/mol. The molecule has 3 N–H and O–H groups in total. The van der Waals surface area contributed by atoms with Crippen molar-refractivity contribution >= 4 is 16.9 Å². The van der Waals surface area contributed by atoms with Crippen molar-refractivity contribution in [1.82, 2.24) is 20.4 Å². The second-order valence-electron chi connectivity index (χ2n) is 5.13. The Hall–Kier alpha value is -3.28. The van der Waals surface area contributed by atoms with Gasteiger partial charge in [0.15, 0.2) is 11.5 Å². The highest BCUT2D eigenvalue weighted by atomic mass is 19.1. The van der Waals surface area contributed by atoms with Crippen LogP contribution < -0.4 is 5.73 Å².